The molecule has 0 atom stereocenters. The van der Waals surface area contributed by atoms with E-state index in [9.17, 15) is 5.11 Å². The van der Waals surface area contributed by atoms with E-state index in [0.717, 1.165) is 29.8 Å². The lowest BCUT2D eigenvalue weighted by Gasteiger charge is -2.19. The quantitative estimate of drug-likeness (QED) is 0.857. The summed E-state index contributed by atoms with van der Waals surface area (Å²) in [7, 11) is 0. The van der Waals surface area contributed by atoms with Gasteiger partial charge in [-0.05, 0) is 38.1 Å². The molecule has 0 bridgehead atoms. The molecule has 3 heteroatoms. The van der Waals surface area contributed by atoms with Gasteiger partial charge in [-0.3, -0.25) is 0 Å². The lowest BCUT2D eigenvalue weighted by atomic mass is 10.2. The van der Waals surface area contributed by atoms with Gasteiger partial charge in [-0.2, -0.15) is 0 Å². The van der Waals surface area contributed by atoms with E-state index in [1.807, 2.05) is 18.2 Å². The Morgan fingerprint density at radius 2 is 1.81 bits per heavy atom. The molecule has 0 spiro atoms. The van der Waals surface area contributed by atoms with E-state index in [0.29, 0.717) is 0 Å². The summed E-state index contributed by atoms with van der Waals surface area (Å²) in [6.45, 7) is 6.09. The minimum absolute atomic E-state index is 0.261. The molecule has 1 aromatic heterocycles. The number of phenolic OH excluding ortho intramolecular Hbond substituents is 1. The maximum atomic E-state index is 9.42. The summed E-state index contributed by atoms with van der Waals surface area (Å²) in [6, 6.07) is 9.31. The summed E-state index contributed by atoms with van der Waals surface area (Å²) in [5.41, 5.74) is 0.837. The van der Waals surface area contributed by atoms with E-state index in [-0.39, 0.29) is 5.75 Å². The fourth-order valence-electron chi connectivity index (χ4n) is 1.82. The molecular formula is C13H16N2O. The third kappa shape index (κ3) is 1.94. The molecule has 2 aromatic rings. The van der Waals surface area contributed by atoms with Crippen LogP contribution in [0.5, 0.6) is 5.75 Å². The van der Waals surface area contributed by atoms with Crippen LogP contribution in [0.4, 0.5) is 5.82 Å². The molecule has 0 fully saturated rings. The molecule has 1 heterocycles. The number of rotatable bonds is 3. The summed E-state index contributed by atoms with van der Waals surface area (Å²) in [5, 5.41) is 10.5. The average molecular weight is 216 g/mol. The van der Waals surface area contributed by atoms with Crippen LogP contribution in [0.1, 0.15) is 13.8 Å². The number of hydrogen-bond donors (Lipinski definition) is 1. The van der Waals surface area contributed by atoms with Crippen molar-refractivity contribution in [2.24, 2.45) is 0 Å². The van der Waals surface area contributed by atoms with Crippen molar-refractivity contribution >= 4 is 16.7 Å². The van der Waals surface area contributed by atoms with Gasteiger partial charge in [0.15, 0.2) is 0 Å². The number of hydrogen-bond acceptors (Lipinski definition) is 3. The minimum atomic E-state index is 0.261. The van der Waals surface area contributed by atoms with E-state index in [2.05, 4.69) is 23.7 Å². The normalized spacial score (nSPS) is 10.6. The van der Waals surface area contributed by atoms with Gasteiger partial charge in [0, 0.05) is 24.5 Å². The third-order valence-corrected chi connectivity index (χ3v) is 2.75. The van der Waals surface area contributed by atoms with Crippen LogP contribution in [0.3, 0.4) is 0 Å². The molecule has 3 nitrogen and oxygen atoms in total. The predicted octanol–water partition coefficient (Wildman–Crippen LogP) is 2.79. The van der Waals surface area contributed by atoms with Crippen LogP contribution >= 0.6 is 0 Å². The van der Waals surface area contributed by atoms with Gasteiger partial charge < -0.3 is 10.0 Å². The fourth-order valence-corrected chi connectivity index (χ4v) is 1.82. The lowest BCUT2D eigenvalue weighted by molar-refractivity contribution is 0.476. The molecule has 0 saturated carbocycles. The Labute approximate surface area is 95.3 Å². The van der Waals surface area contributed by atoms with Gasteiger partial charge in [0.2, 0.25) is 0 Å². The number of fused-ring (bicyclic) bond motifs is 1. The van der Waals surface area contributed by atoms with E-state index >= 15 is 0 Å². The second-order valence-electron chi connectivity index (χ2n) is 3.72. The number of aromatic hydroxyl groups is 1. The molecule has 16 heavy (non-hydrogen) atoms. The Kier molecular flexibility index (Phi) is 2.95. The molecule has 84 valence electrons. The summed E-state index contributed by atoms with van der Waals surface area (Å²) in [4.78, 5) is 6.73. The largest absolute Gasteiger partial charge is 0.508 e. The van der Waals surface area contributed by atoms with E-state index in [4.69, 9.17) is 0 Å². The number of pyridine rings is 1. The number of aromatic nitrogens is 1. The van der Waals surface area contributed by atoms with Crippen LogP contribution in [0.25, 0.3) is 10.9 Å². The monoisotopic (exact) mass is 216 g/mol. The first-order valence-corrected chi connectivity index (χ1v) is 5.59. The van der Waals surface area contributed by atoms with Gasteiger partial charge in [-0.1, -0.05) is 0 Å². The smallest absolute Gasteiger partial charge is 0.129 e. The summed E-state index contributed by atoms with van der Waals surface area (Å²) < 4.78 is 0. The molecular weight excluding hydrogens is 200 g/mol. The summed E-state index contributed by atoms with van der Waals surface area (Å²) in [6.07, 6.45) is 0. The molecule has 1 aromatic carbocycles. The summed E-state index contributed by atoms with van der Waals surface area (Å²) >= 11 is 0. The maximum absolute atomic E-state index is 9.42. The molecule has 0 amide bonds. The lowest BCUT2D eigenvalue weighted by Crippen LogP contribution is -2.22. The number of phenols is 1. The Balaban J connectivity index is 2.49. The van der Waals surface area contributed by atoms with E-state index in [1.54, 1.807) is 12.1 Å². The van der Waals surface area contributed by atoms with Crippen molar-refractivity contribution in [2.75, 3.05) is 18.0 Å². The van der Waals surface area contributed by atoms with Crippen LogP contribution in [-0.2, 0) is 0 Å². The predicted molar refractivity (Wildman–Crippen MR) is 67.0 cm³/mol. The van der Waals surface area contributed by atoms with Crippen molar-refractivity contribution in [3.63, 3.8) is 0 Å². The molecule has 0 aliphatic carbocycles. The number of benzene rings is 1. The minimum Gasteiger partial charge on any atom is -0.508 e. The zero-order chi connectivity index (χ0) is 11.5. The van der Waals surface area contributed by atoms with Gasteiger partial charge in [0.25, 0.3) is 0 Å². The van der Waals surface area contributed by atoms with Crippen molar-refractivity contribution in [1.82, 2.24) is 4.98 Å². The first kappa shape index (κ1) is 10.7. The Morgan fingerprint density at radius 1 is 1.12 bits per heavy atom. The maximum Gasteiger partial charge on any atom is 0.129 e. The van der Waals surface area contributed by atoms with Crippen LogP contribution in [-0.4, -0.2) is 23.2 Å². The summed E-state index contributed by atoms with van der Waals surface area (Å²) in [5.74, 6) is 1.22. The van der Waals surface area contributed by atoms with Crippen molar-refractivity contribution in [3.05, 3.63) is 30.3 Å². The van der Waals surface area contributed by atoms with Gasteiger partial charge in [0.05, 0.1) is 5.52 Å². The molecule has 0 saturated heterocycles. The van der Waals surface area contributed by atoms with Gasteiger partial charge in [-0.25, -0.2) is 4.98 Å². The van der Waals surface area contributed by atoms with Crippen molar-refractivity contribution in [3.8, 4) is 5.75 Å². The Morgan fingerprint density at radius 3 is 2.50 bits per heavy atom. The topological polar surface area (TPSA) is 36.4 Å². The fraction of sp³-hybridized carbons (Fsp3) is 0.308. The Hall–Kier alpha value is -1.77. The standard InChI is InChI=1S/C13H16N2O/c1-3-15(4-2)13-8-6-10-5-7-11(16)9-12(10)14-13/h5-9,16H,3-4H2,1-2H3. The van der Waals surface area contributed by atoms with Crippen molar-refractivity contribution < 1.29 is 5.11 Å². The SMILES string of the molecule is CCN(CC)c1ccc2ccc(O)cc2n1. The Bertz CT molecular complexity index is 492. The molecule has 0 unspecified atom stereocenters. The number of anilines is 1. The van der Waals surface area contributed by atoms with Gasteiger partial charge in [-0.15, -0.1) is 0 Å². The van der Waals surface area contributed by atoms with Gasteiger partial charge >= 0.3 is 0 Å². The molecule has 0 radical (unpaired) electrons. The third-order valence-electron chi connectivity index (χ3n) is 2.75. The second kappa shape index (κ2) is 4.39. The molecule has 0 aliphatic rings. The average Bonchev–Trinajstić information content (AvgIpc) is 2.30. The number of nitrogens with zero attached hydrogens (tertiary/aromatic N) is 2. The zero-order valence-electron chi connectivity index (χ0n) is 9.64. The van der Waals surface area contributed by atoms with E-state index in [1.165, 1.54) is 0 Å². The highest BCUT2D eigenvalue weighted by Crippen LogP contribution is 2.21. The van der Waals surface area contributed by atoms with E-state index < -0.39 is 0 Å². The highest BCUT2D eigenvalue weighted by Gasteiger charge is 2.04. The van der Waals surface area contributed by atoms with Crippen LogP contribution in [0.2, 0.25) is 0 Å². The first-order valence-electron chi connectivity index (χ1n) is 5.59. The van der Waals surface area contributed by atoms with Crippen molar-refractivity contribution in [2.45, 2.75) is 13.8 Å². The second-order valence-corrected chi connectivity index (χ2v) is 3.72. The molecule has 0 aliphatic heterocycles. The van der Waals surface area contributed by atoms with Crippen LogP contribution < -0.4 is 4.90 Å². The zero-order valence-corrected chi connectivity index (χ0v) is 9.64. The highest BCUT2D eigenvalue weighted by atomic mass is 16.3. The van der Waals surface area contributed by atoms with Crippen LogP contribution in [0.15, 0.2) is 30.3 Å². The first-order chi connectivity index (χ1) is 7.74. The van der Waals surface area contributed by atoms with Gasteiger partial charge in [0.1, 0.15) is 11.6 Å². The molecule has 1 N–H and O–H groups in total. The van der Waals surface area contributed by atoms with Crippen molar-refractivity contribution in [1.29, 1.82) is 0 Å². The molecule has 2 rings (SSSR count). The van der Waals surface area contributed by atoms with Crippen LogP contribution in [0, 0.1) is 0 Å². The highest BCUT2D eigenvalue weighted by molar-refractivity contribution is 5.81.